The van der Waals surface area contributed by atoms with E-state index >= 15 is 0 Å². The maximum atomic E-state index is 12.7. The lowest BCUT2D eigenvalue weighted by Gasteiger charge is -2.24. The summed E-state index contributed by atoms with van der Waals surface area (Å²) in [7, 11) is 1.83. The van der Waals surface area contributed by atoms with Gasteiger partial charge in [0.1, 0.15) is 0 Å². The minimum Gasteiger partial charge on any atom is -0.311 e. The van der Waals surface area contributed by atoms with Gasteiger partial charge in [-0.05, 0) is 43.1 Å². The molecule has 2 aliphatic heterocycles. The Morgan fingerprint density at radius 1 is 0.808 bits per heavy atom. The lowest BCUT2D eigenvalue weighted by Crippen LogP contribution is -2.43. The Bertz CT molecular complexity index is 779. The minimum atomic E-state index is 0.0482. The van der Waals surface area contributed by atoms with Gasteiger partial charge in [0.2, 0.25) is 11.8 Å². The zero-order valence-corrected chi connectivity index (χ0v) is 15.0. The van der Waals surface area contributed by atoms with E-state index in [-0.39, 0.29) is 24.9 Å². The molecule has 2 heterocycles. The largest absolute Gasteiger partial charge is 0.311 e. The van der Waals surface area contributed by atoms with Gasteiger partial charge in [-0.3, -0.25) is 14.5 Å². The second-order valence-electron chi connectivity index (χ2n) is 7.02. The Morgan fingerprint density at radius 2 is 1.23 bits per heavy atom. The van der Waals surface area contributed by atoms with Crippen LogP contribution in [0.1, 0.15) is 11.1 Å². The van der Waals surface area contributed by atoms with E-state index in [1.54, 1.807) is 0 Å². The van der Waals surface area contributed by atoms with Crippen molar-refractivity contribution in [2.24, 2.45) is 0 Å². The van der Waals surface area contributed by atoms with Gasteiger partial charge in [0.25, 0.3) is 0 Å². The van der Waals surface area contributed by atoms with Crippen LogP contribution in [0, 0.1) is 0 Å². The third-order valence-corrected chi connectivity index (χ3v) is 5.19. The predicted octanol–water partition coefficient (Wildman–Crippen LogP) is 2.10. The van der Waals surface area contributed by atoms with E-state index in [1.165, 1.54) is 11.1 Å². The molecule has 0 unspecified atom stereocenters. The summed E-state index contributed by atoms with van der Waals surface area (Å²) in [5, 5.41) is 0. The van der Waals surface area contributed by atoms with Gasteiger partial charge in [0, 0.05) is 24.5 Å². The van der Waals surface area contributed by atoms with Gasteiger partial charge in [-0.15, -0.1) is 0 Å². The van der Waals surface area contributed by atoms with Gasteiger partial charge in [0.15, 0.2) is 0 Å². The van der Waals surface area contributed by atoms with E-state index in [1.807, 2.05) is 58.1 Å². The molecular formula is C21H23N3O2. The summed E-state index contributed by atoms with van der Waals surface area (Å²) in [5.41, 5.74) is 4.44. The van der Waals surface area contributed by atoms with Crippen LogP contribution < -0.4 is 9.80 Å². The van der Waals surface area contributed by atoms with Crippen LogP contribution >= 0.6 is 0 Å². The lowest BCUT2D eigenvalue weighted by molar-refractivity contribution is -0.121. The van der Waals surface area contributed by atoms with Crippen molar-refractivity contribution in [3.05, 3.63) is 59.7 Å². The third kappa shape index (κ3) is 3.10. The maximum absolute atomic E-state index is 12.7. The number of carbonyl (C=O) groups excluding carboxylic acids is 2. The lowest BCUT2D eigenvalue weighted by atomic mass is 10.2. The average Bonchev–Trinajstić information content (AvgIpc) is 3.26. The fraction of sp³-hybridized carbons (Fsp3) is 0.333. The summed E-state index contributed by atoms with van der Waals surface area (Å²) in [6.45, 7) is 1.93. The summed E-state index contributed by atoms with van der Waals surface area (Å²) in [5.74, 6) is 0.0964. The molecule has 134 valence electrons. The molecule has 0 atom stereocenters. The molecule has 0 radical (unpaired) electrons. The highest BCUT2D eigenvalue weighted by Crippen LogP contribution is 2.28. The first-order chi connectivity index (χ1) is 12.6. The van der Waals surface area contributed by atoms with E-state index < -0.39 is 0 Å². The van der Waals surface area contributed by atoms with Crippen LogP contribution in [-0.2, 0) is 22.4 Å². The molecule has 2 aromatic rings. The van der Waals surface area contributed by atoms with Gasteiger partial charge >= 0.3 is 0 Å². The highest BCUT2D eigenvalue weighted by Gasteiger charge is 2.27. The summed E-state index contributed by atoms with van der Waals surface area (Å²) in [6, 6.07) is 16.1. The van der Waals surface area contributed by atoms with E-state index in [9.17, 15) is 9.59 Å². The Labute approximate surface area is 153 Å². The van der Waals surface area contributed by atoms with Gasteiger partial charge < -0.3 is 9.80 Å². The number of hydrogen-bond acceptors (Lipinski definition) is 3. The first-order valence-electron chi connectivity index (χ1n) is 9.08. The monoisotopic (exact) mass is 349 g/mol. The Kier molecular flexibility index (Phi) is 4.47. The Hall–Kier alpha value is -2.66. The highest BCUT2D eigenvalue weighted by atomic mass is 16.2. The van der Waals surface area contributed by atoms with Crippen LogP contribution in [0.3, 0.4) is 0 Å². The minimum absolute atomic E-state index is 0.0482. The maximum Gasteiger partial charge on any atom is 0.241 e. The number of rotatable bonds is 4. The number of para-hydroxylation sites is 2. The standard InChI is InChI=1S/C21H23N3O2/c1-22(14-20(25)23-12-10-16-6-2-4-8-18(16)23)15-21(26)24-13-11-17-7-3-5-9-19(17)24/h2-9H,10-15H2,1H3. The Morgan fingerprint density at radius 3 is 1.69 bits per heavy atom. The van der Waals surface area contributed by atoms with E-state index in [0.29, 0.717) is 0 Å². The van der Waals surface area contributed by atoms with Crippen molar-refractivity contribution in [1.29, 1.82) is 0 Å². The normalized spacial score (nSPS) is 15.3. The summed E-state index contributed by atoms with van der Waals surface area (Å²) < 4.78 is 0. The van der Waals surface area contributed by atoms with E-state index in [0.717, 1.165) is 37.3 Å². The Balaban J connectivity index is 1.37. The molecule has 0 bridgehead atoms. The molecular weight excluding hydrogens is 326 g/mol. The van der Waals surface area contributed by atoms with Crippen molar-refractivity contribution < 1.29 is 9.59 Å². The summed E-state index contributed by atoms with van der Waals surface area (Å²) >= 11 is 0. The molecule has 5 heteroatoms. The number of amides is 2. The van der Waals surface area contributed by atoms with Crippen molar-refractivity contribution >= 4 is 23.2 Å². The number of nitrogens with zero attached hydrogens (tertiary/aromatic N) is 3. The summed E-state index contributed by atoms with van der Waals surface area (Å²) in [4.78, 5) is 30.8. The highest BCUT2D eigenvalue weighted by molar-refractivity contribution is 5.99. The quantitative estimate of drug-likeness (QED) is 0.849. The number of anilines is 2. The fourth-order valence-electron chi connectivity index (χ4n) is 3.88. The molecule has 0 saturated carbocycles. The van der Waals surface area contributed by atoms with Crippen LogP contribution in [0.15, 0.2) is 48.5 Å². The second kappa shape index (κ2) is 6.92. The molecule has 0 saturated heterocycles. The molecule has 26 heavy (non-hydrogen) atoms. The molecule has 4 rings (SSSR count). The topological polar surface area (TPSA) is 43.9 Å². The second-order valence-corrected chi connectivity index (χ2v) is 7.02. The van der Waals surface area contributed by atoms with Crippen LogP contribution in [0.4, 0.5) is 11.4 Å². The molecule has 2 amide bonds. The van der Waals surface area contributed by atoms with E-state index in [2.05, 4.69) is 12.1 Å². The molecule has 0 aromatic heterocycles. The number of likely N-dealkylation sites (N-methyl/N-ethyl adjacent to an activating group) is 1. The van der Waals surface area contributed by atoms with Crippen molar-refractivity contribution in [1.82, 2.24) is 4.90 Å². The molecule has 0 N–H and O–H groups in total. The van der Waals surface area contributed by atoms with Gasteiger partial charge in [-0.2, -0.15) is 0 Å². The first-order valence-corrected chi connectivity index (χ1v) is 9.08. The van der Waals surface area contributed by atoms with Crippen LogP contribution in [-0.4, -0.2) is 49.9 Å². The van der Waals surface area contributed by atoms with E-state index in [4.69, 9.17) is 0 Å². The number of hydrogen-bond donors (Lipinski definition) is 0. The zero-order valence-electron chi connectivity index (χ0n) is 15.0. The fourth-order valence-corrected chi connectivity index (χ4v) is 3.88. The number of carbonyl (C=O) groups is 2. The van der Waals surface area contributed by atoms with Gasteiger partial charge in [-0.1, -0.05) is 36.4 Å². The molecule has 0 fully saturated rings. The smallest absolute Gasteiger partial charge is 0.241 e. The average molecular weight is 349 g/mol. The third-order valence-electron chi connectivity index (χ3n) is 5.19. The molecule has 0 spiro atoms. The van der Waals surface area contributed by atoms with Crippen molar-refractivity contribution in [3.8, 4) is 0 Å². The molecule has 0 aliphatic carbocycles. The van der Waals surface area contributed by atoms with Crippen LogP contribution in [0.2, 0.25) is 0 Å². The van der Waals surface area contributed by atoms with Crippen molar-refractivity contribution in [2.75, 3.05) is 43.0 Å². The summed E-state index contributed by atoms with van der Waals surface area (Å²) in [6.07, 6.45) is 1.80. The number of benzene rings is 2. The van der Waals surface area contributed by atoms with Crippen LogP contribution in [0.25, 0.3) is 0 Å². The predicted molar refractivity (Wildman–Crippen MR) is 102 cm³/mol. The van der Waals surface area contributed by atoms with Crippen LogP contribution in [0.5, 0.6) is 0 Å². The zero-order chi connectivity index (χ0) is 18.1. The SMILES string of the molecule is CN(CC(=O)N1CCc2ccccc21)CC(=O)N1CCc2ccccc21. The molecule has 2 aliphatic rings. The van der Waals surface area contributed by atoms with Gasteiger partial charge in [-0.25, -0.2) is 0 Å². The number of fused-ring (bicyclic) bond motifs is 2. The van der Waals surface area contributed by atoms with Crippen molar-refractivity contribution in [2.45, 2.75) is 12.8 Å². The van der Waals surface area contributed by atoms with Gasteiger partial charge in [0.05, 0.1) is 13.1 Å². The molecule has 5 nitrogen and oxygen atoms in total. The van der Waals surface area contributed by atoms with Crippen molar-refractivity contribution in [3.63, 3.8) is 0 Å². The molecule has 2 aromatic carbocycles. The first kappa shape index (κ1) is 16.8.